The maximum absolute atomic E-state index is 11.9. The molecule has 25 heavy (non-hydrogen) atoms. The van der Waals surface area contributed by atoms with Gasteiger partial charge in [-0.05, 0) is 24.3 Å². The lowest BCUT2D eigenvalue weighted by Gasteiger charge is -2.13. The number of carbonyl (C=O) groups is 1. The minimum Gasteiger partial charge on any atom is -0.497 e. The molecule has 0 bridgehead atoms. The molecule has 2 heterocycles. The Morgan fingerprint density at radius 2 is 2.20 bits per heavy atom. The fourth-order valence-electron chi connectivity index (χ4n) is 2.70. The normalized spacial score (nSPS) is 19.8. The van der Waals surface area contributed by atoms with E-state index in [-0.39, 0.29) is 18.2 Å². The number of methoxy groups -OCH3 is 1. The van der Waals surface area contributed by atoms with Gasteiger partial charge >= 0.3 is 0 Å². The number of aromatic nitrogens is 2. The second-order valence-corrected chi connectivity index (χ2v) is 6.03. The van der Waals surface area contributed by atoms with Gasteiger partial charge in [0, 0.05) is 44.0 Å². The van der Waals surface area contributed by atoms with Gasteiger partial charge in [0.2, 0.25) is 17.6 Å². The summed E-state index contributed by atoms with van der Waals surface area (Å²) in [6.07, 6.45) is 0.240. The second-order valence-electron chi connectivity index (χ2n) is 6.03. The number of aliphatic hydroxyl groups is 1. The summed E-state index contributed by atoms with van der Waals surface area (Å²) in [5, 5.41) is 19.6. The standard InChI is InChI=1S/C17H22N4O4/c1-24-13-4-2-11(3-5-13)17-20-16(25-21-17)7-6-15(23)19-9-12-8-18-10-14(12)22/h2-5,12,14,18,22H,6-10H2,1H3,(H,19,23). The zero-order chi connectivity index (χ0) is 17.6. The first kappa shape index (κ1) is 17.4. The van der Waals surface area contributed by atoms with E-state index in [0.29, 0.717) is 31.2 Å². The molecule has 0 spiro atoms. The molecule has 0 radical (unpaired) electrons. The summed E-state index contributed by atoms with van der Waals surface area (Å²) in [5.74, 6) is 1.63. The molecule has 2 aromatic rings. The van der Waals surface area contributed by atoms with Crippen molar-refractivity contribution in [3.05, 3.63) is 30.2 Å². The highest BCUT2D eigenvalue weighted by molar-refractivity contribution is 5.76. The first-order chi connectivity index (χ1) is 12.2. The third-order valence-electron chi connectivity index (χ3n) is 4.25. The van der Waals surface area contributed by atoms with Crippen molar-refractivity contribution >= 4 is 5.91 Å². The van der Waals surface area contributed by atoms with E-state index >= 15 is 0 Å². The Hall–Kier alpha value is -2.45. The van der Waals surface area contributed by atoms with Crippen LogP contribution in [-0.2, 0) is 11.2 Å². The summed E-state index contributed by atoms with van der Waals surface area (Å²) in [7, 11) is 1.61. The number of hydrogen-bond donors (Lipinski definition) is 3. The molecule has 0 aliphatic carbocycles. The molecule has 0 saturated carbocycles. The van der Waals surface area contributed by atoms with Crippen LogP contribution in [0.4, 0.5) is 0 Å². The Morgan fingerprint density at radius 1 is 1.40 bits per heavy atom. The molecule has 1 saturated heterocycles. The second kappa shape index (κ2) is 8.09. The zero-order valence-electron chi connectivity index (χ0n) is 14.1. The number of ether oxygens (including phenoxy) is 1. The van der Waals surface area contributed by atoms with Crippen molar-refractivity contribution < 1.29 is 19.2 Å². The lowest BCUT2D eigenvalue weighted by Crippen LogP contribution is -2.34. The maximum Gasteiger partial charge on any atom is 0.227 e. The van der Waals surface area contributed by atoms with Crippen molar-refractivity contribution in [3.63, 3.8) is 0 Å². The van der Waals surface area contributed by atoms with Crippen LogP contribution in [0, 0.1) is 5.92 Å². The lowest BCUT2D eigenvalue weighted by molar-refractivity contribution is -0.121. The molecule has 1 aromatic heterocycles. The molecular formula is C17H22N4O4. The van der Waals surface area contributed by atoms with E-state index in [2.05, 4.69) is 20.8 Å². The van der Waals surface area contributed by atoms with Crippen LogP contribution in [-0.4, -0.2) is 54.0 Å². The van der Waals surface area contributed by atoms with Gasteiger partial charge in [-0.1, -0.05) is 5.16 Å². The molecule has 1 aliphatic rings. The van der Waals surface area contributed by atoms with Crippen molar-refractivity contribution in [2.75, 3.05) is 26.7 Å². The number of rotatable bonds is 7. The number of nitrogens with one attached hydrogen (secondary N) is 2. The van der Waals surface area contributed by atoms with Gasteiger partial charge in [0.1, 0.15) is 5.75 Å². The molecule has 134 valence electrons. The first-order valence-electron chi connectivity index (χ1n) is 8.28. The van der Waals surface area contributed by atoms with Crippen LogP contribution < -0.4 is 15.4 Å². The fraction of sp³-hybridized carbons (Fsp3) is 0.471. The van der Waals surface area contributed by atoms with Gasteiger partial charge in [-0.25, -0.2) is 0 Å². The van der Waals surface area contributed by atoms with E-state index < -0.39 is 6.10 Å². The van der Waals surface area contributed by atoms with Crippen LogP contribution in [0.15, 0.2) is 28.8 Å². The number of carbonyl (C=O) groups excluding carboxylic acids is 1. The summed E-state index contributed by atoms with van der Waals surface area (Å²) in [5.41, 5.74) is 0.822. The number of β-amino-alcohol motifs (C(OH)–C–C–N with tert-alkyl or cyclic N) is 1. The van der Waals surface area contributed by atoms with Crippen LogP contribution in [0.5, 0.6) is 5.75 Å². The van der Waals surface area contributed by atoms with Crippen molar-refractivity contribution in [2.24, 2.45) is 5.92 Å². The number of hydrogen-bond acceptors (Lipinski definition) is 7. The van der Waals surface area contributed by atoms with Crippen molar-refractivity contribution in [2.45, 2.75) is 18.9 Å². The van der Waals surface area contributed by atoms with E-state index in [1.54, 1.807) is 7.11 Å². The van der Waals surface area contributed by atoms with E-state index in [1.807, 2.05) is 24.3 Å². The smallest absolute Gasteiger partial charge is 0.227 e. The third kappa shape index (κ3) is 4.55. The fourth-order valence-corrected chi connectivity index (χ4v) is 2.70. The van der Waals surface area contributed by atoms with Crippen LogP contribution in [0.25, 0.3) is 11.4 Å². The minimum atomic E-state index is -0.400. The van der Waals surface area contributed by atoms with Gasteiger partial charge in [0.15, 0.2) is 0 Å². The Morgan fingerprint density at radius 3 is 2.88 bits per heavy atom. The SMILES string of the molecule is COc1ccc(-c2noc(CCC(=O)NCC3CNCC3O)n2)cc1. The number of nitrogens with zero attached hydrogens (tertiary/aromatic N) is 2. The first-order valence-corrected chi connectivity index (χ1v) is 8.28. The average Bonchev–Trinajstić information content (AvgIpc) is 3.27. The molecule has 1 fully saturated rings. The summed E-state index contributed by atoms with van der Waals surface area (Å²) in [4.78, 5) is 16.2. The summed E-state index contributed by atoms with van der Waals surface area (Å²) in [6, 6.07) is 7.35. The number of aliphatic hydroxyl groups excluding tert-OH is 1. The van der Waals surface area contributed by atoms with Gasteiger partial charge in [-0.3, -0.25) is 4.79 Å². The molecule has 8 heteroatoms. The molecule has 2 atom stereocenters. The van der Waals surface area contributed by atoms with Gasteiger partial charge in [0.25, 0.3) is 0 Å². The molecule has 3 rings (SSSR count). The van der Waals surface area contributed by atoms with Gasteiger partial charge in [-0.2, -0.15) is 4.98 Å². The summed E-state index contributed by atoms with van der Waals surface area (Å²) in [6.45, 7) is 1.76. The van der Waals surface area contributed by atoms with Gasteiger partial charge in [-0.15, -0.1) is 0 Å². The van der Waals surface area contributed by atoms with Gasteiger partial charge < -0.3 is 25.0 Å². The van der Waals surface area contributed by atoms with Crippen LogP contribution in [0.1, 0.15) is 12.3 Å². The minimum absolute atomic E-state index is 0.0639. The number of aryl methyl sites for hydroxylation is 1. The predicted molar refractivity (Wildman–Crippen MR) is 90.0 cm³/mol. The molecule has 2 unspecified atom stereocenters. The summed E-state index contributed by atoms with van der Waals surface area (Å²) < 4.78 is 10.3. The molecule has 1 amide bonds. The Labute approximate surface area is 145 Å². The molecule has 8 nitrogen and oxygen atoms in total. The zero-order valence-corrected chi connectivity index (χ0v) is 14.1. The highest BCUT2D eigenvalue weighted by Crippen LogP contribution is 2.20. The Balaban J connectivity index is 1.47. The molecule has 1 aliphatic heterocycles. The number of benzene rings is 1. The maximum atomic E-state index is 11.9. The van der Waals surface area contributed by atoms with Crippen LogP contribution >= 0.6 is 0 Å². The van der Waals surface area contributed by atoms with Crippen molar-refractivity contribution in [1.29, 1.82) is 0 Å². The monoisotopic (exact) mass is 346 g/mol. The average molecular weight is 346 g/mol. The highest BCUT2D eigenvalue weighted by Gasteiger charge is 2.25. The molecule has 1 aromatic carbocycles. The van der Waals surface area contributed by atoms with Crippen LogP contribution in [0.3, 0.4) is 0 Å². The van der Waals surface area contributed by atoms with Crippen LogP contribution in [0.2, 0.25) is 0 Å². The Bertz CT molecular complexity index is 701. The van der Waals surface area contributed by atoms with Crippen molar-refractivity contribution in [1.82, 2.24) is 20.8 Å². The predicted octanol–water partition coefficient (Wildman–Crippen LogP) is 0.374. The van der Waals surface area contributed by atoms with E-state index in [1.165, 1.54) is 0 Å². The largest absolute Gasteiger partial charge is 0.497 e. The van der Waals surface area contributed by atoms with Gasteiger partial charge in [0.05, 0.1) is 13.2 Å². The van der Waals surface area contributed by atoms with E-state index in [0.717, 1.165) is 17.9 Å². The quantitative estimate of drug-likeness (QED) is 0.664. The topological polar surface area (TPSA) is 110 Å². The lowest BCUT2D eigenvalue weighted by atomic mass is 10.1. The third-order valence-corrected chi connectivity index (χ3v) is 4.25. The van der Waals surface area contributed by atoms with E-state index in [9.17, 15) is 9.90 Å². The molecular weight excluding hydrogens is 324 g/mol. The van der Waals surface area contributed by atoms with Crippen molar-refractivity contribution in [3.8, 4) is 17.1 Å². The number of amides is 1. The summed E-state index contributed by atoms with van der Waals surface area (Å²) >= 11 is 0. The van der Waals surface area contributed by atoms with E-state index in [4.69, 9.17) is 9.26 Å². The Kier molecular flexibility index (Phi) is 5.62. The molecule has 3 N–H and O–H groups in total. The highest BCUT2D eigenvalue weighted by atomic mass is 16.5.